The van der Waals surface area contributed by atoms with Crippen molar-refractivity contribution >= 4 is 17.7 Å². The van der Waals surface area contributed by atoms with Gasteiger partial charge in [0.25, 0.3) is 0 Å². The molecule has 1 saturated heterocycles. The van der Waals surface area contributed by atoms with Crippen LogP contribution in [0.4, 0.5) is 36.8 Å². The number of nitriles is 1. The third kappa shape index (κ3) is 9.41. The summed E-state index contributed by atoms with van der Waals surface area (Å²) < 4.78 is 86.5. The smallest absolute Gasteiger partial charge is 0.407 e. The van der Waals surface area contributed by atoms with Crippen molar-refractivity contribution in [3.05, 3.63) is 94.6 Å². The van der Waals surface area contributed by atoms with Gasteiger partial charge < -0.3 is 20.5 Å². The van der Waals surface area contributed by atoms with Crippen LogP contribution in [0, 0.1) is 28.8 Å². The van der Waals surface area contributed by atoms with E-state index in [0.717, 1.165) is 18.3 Å². The molecule has 9 nitrogen and oxygen atoms in total. The molecule has 4 rings (SSSR count). The Hall–Kier alpha value is -4.68. The van der Waals surface area contributed by atoms with Crippen molar-refractivity contribution in [2.75, 3.05) is 31.6 Å². The molecule has 1 aromatic heterocycles. The number of amides is 2. The second-order valence-corrected chi connectivity index (χ2v) is 10.7. The molecule has 46 heavy (non-hydrogen) atoms. The number of hydrogen-bond donors (Lipinski definition) is 3. The van der Waals surface area contributed by atoms with E-state index in [4.69, 9.17) is 15.1 Å². The molecule has 1 aliphatic rings. The summed E-state index contributed by atoms with van der Waals surface area (Å²) in [7, 11) is 0. The van der Waals surface area contributed by atoms with Crippen LogP contribution >= 0.6 is 0 Å². The lowest BCUT2D eigenvalue weighted by molar-refractivity contribution is -0.143. The molecule has 1 fully saturated rings. The molecule has 2 aromatic carbocycles. The summed E-state index contributed by atoms with van der Waals surface area (Å²) in [6.07, 6.45) is -4.56. The van der Waals surface area contributed by atoms with Crippen molar-refractivity contribution in [2.45, 2.75) is 43.5 Å². The third-order valence-electron chi connectivity index (χ3n) is 7.42. The SMILES string of the molecule is N#Cc1ccc([C@@H](CC(=O)Nc2cncc(F)c2CC[C@@H]2CN[C@@H](CN(CC(F)(F)F)C(=O)O)CO2)c2ccc(F)c(F)c2)cc1. The van der Waals surface area contributed by atoms with Gasteiger partial charge in [0.15, 0.2) is 11.6 Å². The zero-order valence-electron chi connectivity index (χ0n) is 24.2. The van der Waals surface area contributed by atoms with Gasteiger partial charge in [-0.15, -0.1) is 0 Å². The normalized spacial score (nSPS) is 17.2. The Bertz CT molecular complexity index is 1570. The average molecular weight is 650 g/mol. The van der Waals surface area contributed by atoms with Gasteiger partial charge in [-0.05, 0) is 48.2 Å². The first-order chi connectivity index (χ1) is 21.8. The van der Waals surface area contributed by atoms with Crippen LogP contribution in [0.15, 0.2) is 54.9 Å². The molecule has 2 heterocycles. The number of alkyl halides is 3. The number of hydrogen-bond acceptors (Lipinski definition) is 6. The van der Waals surface area contributed by atoms with Gasteiger partial charge in [-0.25, -0.2) is 18.0 Å². The standard InChI is InChI=1S/C31H29F6N5O4/c32-25-8-5-20(9-26(25)33)24(19-3-1-18(11-38)2-4-19)10-29(43)41-28-14-39-13-27(34)23(28)7-6-22-12-40-21(16-46-22)15-42(30(44)45)17-31(35,36)37/h1-5,8-9,13-14,21-22,24,40H,6-7,10,12,15-17H2,(H,41,43)(H,44,45)/t21-,22+,24+/m0/s1. The van der Waals surface area contributed by atoms with Gasteiger partial charge in [0.2, 0.25) is 5.91 Å². The molecule has 15 heteroatoms. The number of nitrogens with zero attached hydrogens (tertiary/aromatic N) is 3. The number of rotatable bonds is 11. The number of morpholine rings is 1. The van der Waals surface area contributed by atoms with E-state index in [-0.39, 0.29) is 48.6 Å². The van der Waals surface area contributed by atoms with Crippen LogP contribution in [0.5, 0.6) is 0 Å². The fourth-order valence-electron chi connectivity index (χ4n) is 5.13. The second kappa shape index (κ2) is 15.1. The first-order valence-electron chi connectivity index (χ1n) is 14.1. The minimum atomic E-state index is -4.69. The van der Waals surface area contributed by atoms with E-state index in [1.807, 2.05) is 6.07 Å². The van der Waals surface area contributed by atoms with Gasteiger partial charge in [-0.1, -0.05) is 18.2 Å². The highest BCUT2D eigenvalue weighted by atomic mass is 19.4. The summed E-state index contributed by atoms with van der Waals surface area (Å²) in [5.74, 6) is -4.17. The monoisotopic (exact) mass is 649 g/mol. The molecule has 0 spiro atoms. The first-order valence-corrected chi connectivity index (χ1v) is 14.1. The fourth-order valence-corrected chi connectivity index (χ4v) is 5.13. The van der Waals surface area contributed by atoms with E-state index in [2.05, 4.69) is 15.6 Å². The average Bonchev–Trinajstić information content (AvgIpc) is 3.01. The van der Waals surface area contributed by atoms with Gasteiger partial charge >= 0.3 is 12.3 Å². The summed E-state index contributed by atoms with van der Waals surface area (Å²) in [5, 5.41) is 23.8. The predicted molar refractivity (Wildman–Crippen MR) is 152 cm³/mol. The van der Waals surface area contributed by atoms with Crippen molar-refractivity contribution in [1.29, 1.82) is 5.26 Å². The molecule has 3 atom stereocenters. The summed E-state index contributed by atoms with van der Waals surface area (Å²) >= 11 is 0. The lowest BCUT2D eigenvalue weighted by atomic mass is 9.87. The fraction of sp³-hybridized carbons (Fsp3) is 0.355. The lowest BCUT2D eigenvalue weighted by Gasteiger charge is -2.33. The molecule has 3 aromatic rings. The van der Waals surface area contributed by atoms with Crippen LogP contribution in [-0.4, -0.2) is 71.6 Å². The molecular formula is C31H29F6N5O4. The highest BCUT2D eigenvalue weighted by Crippen LogP contribution is 2.31. The second-order valence-electron chi connectivity index (χ2n) is 10.7. The number of nitrogens with one attached hydrogen (secondary N) is 2. The maximum absolute atomic E-state index is 14.9. The summed E-state index contributed by atoms with van der Waals surface area (Å²) in [5.41, 5.74) is 1.44. The van der Waals surface area contributed by atoms with E-state index in [9.17, 15) is 35.9 Å². The van der Waals surface area contributed by atoms with Crippen LogP contribution < -0.4 is 10.6 Å². The van der Waals surface area contributed by atoms with Gasteiger partial charge in [0, 0.05) is 37.0 Å². The van der Waals surface area contributed by atoms with E-state index in [1.165, 1.54) is 24.4 Å². The Morgan fingerprint density at radius 3 is 2.41 bits per heavy atom. The summed E-state index contributed by atoms with van der Waals surface area (Å²) in [6.45, 7) is -1.96. The summed E-state index contributed by atoms with van der Waals surface area (Å²) in [6, 6.07) is 10.9. The highest BCUT2D eigenvalue weighted by Gasteiger charge is 2.35. The minimum absolute atomic E-state index is 0.0740. The van der Waals surface area contributed by atoms with Crippen molar-refractivity contribution < 1.29 is 45.8 Å². The number of carbonyl (C=O) groups excluding carboxylic acids is 1. The van der Waals surface area contributed by atoms with Crippen LogP contribution in [-0.2, 0) is 16.0 Å². The van der Waals surface area contributed by atoms with Gasteiger partial charge in [0.1, 0.15) is 12.4 Å². The van der Waals surface area contributed by atoms with Crippen molar-refractivity contribution in [2.24, 2.45) is 0 Å². The van der Waals surface area contributed by atoms with Crippen LogP contribution in [0.3, 0.4) is 0 Å². The van der Waals surface area contributed by atoms with E-state index < -0.39 is 66.8 Å². The maximum atomic E-state index is 14.9. The Morgan fingerprint density at radius 1 is 1.09 bits per heavy atom. The van der Waals surface area contributed by atoms with Crippen molar-refractivity contribution in [3.63, 3.8) is 0 Å². The molecule has 0 aliphatic carbocycles. The van der Waals surface area contributed by atoms with Gasteiger partial charge in [0.05, 0.1) is 42.4 Å². The molecule has 0 bridgehead atoms. The van der Waals surface area contributed by atoms with Crippen molar-refractivity contribution in [1.82, 2.24) is 15.2 Å². The Kier molecular flexibility index (Phi) is 11.2. The van der Waals surface area contributed by atoms with Crippen LogP contribution in [0.2, 0.25) is 0 Å². The molecule has 0 saturated carbocycles. The molecule has 3 N–H and O–H groups in total. The van der Waals surface area contributed by atoms with E-state index >= 15 is 0 Å². The number of carboxylic acid groups (broad SMARTS) is 1. The number of carbonyl (C=O) groups is 2. The van der Waals surface area contributed by atoms with Gasteiger partial charge in [-0.3, -0.25) is 14.7 Å². The number of ether oxygens (including phenoxy) is 1. The maximum Gasteiger partial charge on any atom is 0.407 e. The Labute approximate surface area is 259 Å². The number of pyridine rings is 1. The van der Waals surface area contributed by atoms with E-state index in [1.54, 1.807) is 12.1 Å². The Morgan fingerprint density at radius 2 is 1.80 bits per heavy atom. The quantitative estimate of drug-likeness (QED) is 0.239. The predicted octanol–water partition coefficient (Wildman–Crippen LogP) is 5.36. The van der Waals surface area contributed by atoms with Crippen molar-refractivity contribution in [3.8, 4) is 6.07 Å². The molecule has 1 aliphatic heterocycles. The lowest BCUT2D eigenvalue weighted by Crippen LogP contribution is -2.53. The number of anilines is 1. The first kappa shape index (κ1) is 34.2. The zero-order chi connectivity index (χ0) is 33.4. The van der Waals surface area contributed by atoms with E-state index in [0.29, 0.717) is 16.7 Å². The van der Waals surface area contributed by atoms with Gasteiger partial charge in [-0.2, -0.15) is 18.4 Å². The zero-order valence-corrected chi connectivity index (χ0v) is 24.2. The molecule has 244 valence electrons. The number of halogens is 6. The molecule has 2 amide bonds. The third-order valence-corrected chi connectivity index (χ3v) is 7.42. The number of aromatic nitrogens is 1. The topological polar surface area (TPSA) is 128 Å². The minimum Gasteiger partial charge on any atom is -0.465 e. The Balaban J connectivity index is 1.40. The van der Waals surface area contributed by atoms with Crippen LogP contribution in [0.25, 0.3) is 0 Å². The van der Waals surface area contributed by atoms with Crippen LogP contribution in [0.1, 0.15) is 41.0 Å². The molecule has 0 radical (unpaired) electrons. The molecule has 0 unspecified atom stereocenters. The largest absolute Gasteiger partial charge is 0.465 e. The summed E-state index contributed by atoms with van der Waals surface area (Å²) in [4.78, 5) is 28.5. The number of benzene rings is 2. The highest BCUT2D eigenvalue weighted by molar-refractivity contribution is 5.92. The molecular weight excluding hydrogens is 620 g/mol.